The van der Waals surface area contributed by atoms with Crippen molar-refractivity contribution in [3.8, 4) is 0 Å². The number of hydrogen-bond donors (Lipinski definition) is 1. The van der Waals surface area contributed by atoms with Gasteiger partial charge in [-0.3, -0.25) is 0 Å². The first-order chi connectivity index (χ1) is 8.74. The van der Waals surface area contributed by atoms with Gasteiger partial charge in [-0.15, -0.1) is 11.3 Å². The van der Waals surface area contributed by atoms with Crippen LogP contribution < -0.4 is 5.32 Å². The number of rotatable bonds is 5. The summed E-state index contributed by atoms with van der Waals surface area (Å²) in [6.45, 7) is 10.4. The quantitative estimate of drug-likeness (QED) is 0.821. The summed E-state index contributed by atoms with van der Waals surface area (Å²) < 4.78 is 0. The molecule has 0 bridgehead atoms. The molecule has 0 atom stereocenters. The van der Waals surface area contributed by atoms with Crippen molar-refractivity contribution >= 4 is 11.3 Å². The first-order valence-corrected chi connectivity index (χ1v) is 7.72. The van der Waals surface area contributed by atoms with E-state index in [1.807, 2.05) is 11.3 Å². The second-order valence-corrected chi connectivity index (χ2v) is 6.56. The van der Waals surface area contributed by atoms with Gasteiger partial charge in [0.2, 0.25) is 0 Å². The first kappa shape index (κ1) is 14.0. The Morgan fingerprint density at radius 1 is 1.22 bits per heavy atom. The summed E-state index contributed by atoms with van der Waals surface area (Å²) in [6, 6.07) is 4.43. The minimum absolute atomic E-state index is 1.02. The van der Waals surface area contributed by atoms with Crippen molar-refractivity contribution < 1.29 is 0 Å². The van der Waals surface area contributed by atoms with Gasteiger partial charge in [0.1, 0.15) is 0 Å². The van der Waals surface area contributed by atoms with Crippen LogP contribution in [0.4, 0.5) is 0 Å². The van der Waals surface area contributed by atoms with Crippen molar-refractivity contribution in [1.29, 1.82) is 0 Å². The van der Waals surface area contributed by atoms with Crippen LogP contribution in [0.1, 0.15) is 16.2 Å². The van der Waals surface area contributed by atoms with E-state index in [1.54, 1.807) is 0 Å². The lowest BCUT2D eigenvalue weighted by Gasteiger charge is -2.20. The monoisotopic (exact) mass is 267 g/mol. The summed E-state index contributed by atoms with van der Waals surface area (Å²) >= 11 is 1.89. The number of nitrogens with zero attached hydrogens (tertiary/aromatic N) is 2. The Labute approximate surface area is 115 Å². The number of thiophene rings is 1. The molecule has 0 radical (unpaired) electrons. The van der Waals surface area contributed by atoms with Crippen LogP contribution in [0.3, 0.4) is 0 Å². The average molecular weight is 267 g/mol. The van der Waals surface area contributed by atoms with Crippen molar-refractivity contribution in [2.24, 2.45) is 0 Å². The second-order valence-electron chi connectivity index (χ2n) is 5.19. The molecule has 0 saturated carbocycles. The fourth-order valence-corrected chi connectivity index (χ4v) is 3.21. The van der Waals surface area contributed by atoms with Gasteiger partial charge in [0.25, 0.3) is 0 Å². The molecule has 2 heterocycles. The first-order valence-electron chi connectivity index (χ1n) is 6.91. The third-order valence-electron chi connectivity index (χ3n) is 3.51. The topological polar surface area (TPSA) is 18.5 Å². The maximum absolute atomic E-state index is 3.55. The van der Waals surface area contributed by atoms with E-state index < -0.39 is 0 Å². The van der Waals surface area contributed by atoms with E-state index in [0.717, 1.165) is 13.1 Å². The Morgan fingerprint density at radius 3 is 2.89 bits per heavy atom. The van der Waals surface area contributed by atoms with Gasteiger partial charge in [0, 0.05) is 42.5 Å². The van der Waals surface area contributed by atoms with E-state index in [1.165, 1.54) is 48.9 Å². The van der Waals surface area contributed by atoms with E-state index in [-0.39, 0.29) is 0 Å². The zero-order valence-electron chi connectivity index (χ0n) is 11.6. The zero-order chi connectivity index (χ0) is 12.8. The van der Waals surface area contributed by atoms with E-state index in [2.05, 4.69) is 41.2 Å². The summed E-state index contributed by atoms with van der Waals surface area (Å²) in [7, 11) is 2.22. The van der Waals surface area contributed by atoms with Crippen molar-refractivity contribution in [2.75, 3.05) is 46.3 Å². The summed E-state index contributed by atoms with van der Waals surface area (Å²) in [5.74, 6) is 0. The Bertz CT molecular complexity index is 351. The Kier molecular flexibility index (Phi) is 5.63. The fourth-order valence-electron chi connectivity index (χ4n) is 2.35. The Hall–Kier alpha value is -0.420. The molecule has 1 fully saturated rings. The molecule has 0 amide bonds. The Balaban J connectivity index is 1.60. The zero-order valence-corrected chi connectivity index (χ0v) is 12.4. The van der Waals surface area contributed by atoms with Crippen molar-refractivity contribution in [1.82, 2.24) is 15.1 Å². The molecule has 1 aliphatic rings. The lowest BCUT2D eigenvalue weighted by atomic mass is 10.4. The standard InChI is InChI=1S/C14H25N3S/c1-13-4-5-14(18-13)12-15-6-9-17-8-3-7-16(2)10-11-17/h4-5,15H,3,6-12H2,1-2H3. The summed E-state index contributed by atoms with van der Waals surface area (Å²) in [4.78, 5) is 7.86. The minimum atomic E-state index is 1.02. The van der Waals surface area contributed by atoms with Crippen LogP contribution in [0, 0.1) is 6.92 Å². The molecule has 1 aliphatic heterocycles. The molecule has 0 unspecified atom stereocenters. The molecule has 1 saturated heterocycles. The summed E-state index contributed by atoms with van der Waals surface area (Å²) in [5, 5.41) is 3.55. The largest absolute Gasteiger partial charge is 0.311 e. The van der Waals surface area contributed by atoms with E-state index in [4.69, 9.17) is 0 Å². The predicted octanol–water partition coefficient (Wildman–Crippen LogP) is 1.78. The van der Waals surface area contributed by atoms with Gasteiger partial charge >= 0.3 is 0 Å². The van der Waals surface area contributed by atoms with Crippen LogP contribution in [0.2, 0.25) is 0 Å². The van der Waals surface area contributed by atoms with Gasteiger partial charge in [-0.1, -0.05) is 0 Å². The lowest BCUT2D eigenvalue weighted by molar-refractivity contribution is 0.276. The normalized spacial score (nSPS) is 19.0. The van der Waals surface area contributed by atoms with E-state index >= 15 is 0 Å². The molecular weight excluding hydrogens is 242 g/mol. The van der Waals surface area contributed by atoms with Crippen LogP contribution in [0.5, 0.6) is 0 Å². The average Bonchev–Trinajstić information content (AvgIpc) is 2.65. The molecule has 1 aromatic heterocycles. The number of aryl methyl sites for hydroxylation is 1. The second kappa shape index (κ2) is 7.24. The van der Waals surface area contributed by atoms with Crippen molar-refractivity contribution in [2.45, 2.75) is 19.9 Å². The maximum Gasteiger partial charge on any atom is 0.0300 e. The molecule has 102 valence electrons. The minimum Gasteiger partial charge on any atom is -0.311 e. The molecule has 2 rings (SSSR count). The molecule has 1 aromatic rings. The third kappa shape index (κ3) is 4.69. The molecule has 4 heteroatoms. The predicted molar refractivity (Wildman–Crippen MR) is 79.3 cm³/mol. The lowest BCUT2D eigenvalue weighted by Crippen LogP contribution is -2.34. The van der Waals surface area contributed by atoms with Gasteiger partial charge in [-0.05, 0) is 45.6 Å². The highest BCUT2D eigenvalue weighted by Gasteiger charge is 2.10. The van der Waals surface area contributed by atoms with Crippen LogP contribution in [0.15, 0.2) is 12.1 Å². The van der Waals surface area contributed by atoms with E-state index in [9.17, 15) is 0 Å². The van der Waals surface area contributed by atoms with Crippen LogP contribution in [-0.2, 0) is 6.54 Å². The number of nitrogens with one attached hydrogen (secondary N) is 1. The van der Waals surface area contributed by atoms with Gasteiger partial charge in [0.05, 0.1) is 0 Å². The third-order valence-corrected chi connectivity index (χ3v) is 4.51. The molecule has 3 nitrogen and oxygen atoms in total. The van der Waals surface area contributed by atoms with Gasteiger partial charge in [-0.25, -0.2) is 0 Å². The van der Waals surface area contributed by atoms with Gasteiger partial charge < -0.3 is 15.1 Å². The smallest absolute Gasteiger partial charge is 0.0300 e. The van der Waals surface area contributed by atoms with Crippen LogP contribution in [-0.4, -0.2) is 56.1 Å². The number of hydrogen-bond acceptors (Lipinski definition) is 4. The van der Waals surface area contributed by atoms with Gasteiger partial charge in [-0.2, -0.15) is 0 Å². The van der Waals surface area contributed by atoms with Crippen molar-refractivity contribution in [3.63, 3.8) is 0 Å². The van der Waals surface area contributed by atoms with E-state index in [0.29, 0.717) is 0 Å². The molecule has 18 heavy (non-hydrogen) atoms. The van der Waals surface area contributed by atoms with Crippen molar-refractivity contribution in [3.05, 3.63) is 21.9 Å². The van der Waals surface area contributed by atoms with Crippen LogP contribution >= 0.6 is 11.3 Å². The highest BCUT2D eigenvalue weighted by molar-refractivity contribution is 7.11. The summed E-state index contributed by atoms with van der Waals surface area (Å²) in [5.41, 5.74) is 0. The highest BCUT2D eigenvalue weighted by Crippen LogP contribution is 2.14. The Morgan fingerprint density at radius 2 is 2.11 bits per heavy atom. The molecular formula is C14H25N3S. The van der Waals surface area contributed by atoms with Crippen LogP contribution in [0.25, 0.3) is 0 Å². The SMILES string of the molecule is Cc1ccc(CNCCN2CCCN(C)CC2)s1. The highest BCUT2D eigenvalue weighted by atomic mass is 32.1. The number of likely N-dealkylation sites (N-methyl/N-ethyl adjacent to an activating group) is 1. The van der Waals surface area contributed by atoms with Gasteiger partial charge in [0.15, 0.2) is 0 Å². The molecule has 0 aliphatic carbocycles. The fraction of sp³-hybridized carbons (Fsp3) is 0.714. The molecule has 0 spiro atoms. The molecule has 0 aromatic carbocycles. The maximum atomic E-state index is 3.55. The summed E-state index contributed by atoms with van der Waals surface area (Å²) in [6.07, 6.45) is 1.31. The molecule has 1 N–H and O–H groups in total.